The molecule has 11 heavy (non-hydrogen) atoms. The Kier molecular flexibility index (Phi) is 2.26. The van der Waals surface area contributed by atoms with E-state index in [9.17, 15) is 0 Å². The molecule has 66 valence electrons. The molecule has 0 saturated carbocycles. The van der Waals surface area contributed by atoms with E-state index in [0.717, 1.165) is 12.3 Å². The first-order valence-corrected chi connectivity index (χ1v) is 4.44. The highest BCUT2D eigenvalue weighted by atomic mass is 15.3. The second-order valence-electron chi connectivity index (χ2n) is 4.31. The molecule has 1 fully saturated rings. The van der Waals surface area contributed by atoms with Gasteiger partial charge in [0.2, 0.25) is 0 Å². The lowest BCUT2D eigenvalue weighted by molar-refractivity contribution is 0.00969. The minimum Gasteiger partial charge on any atom is -0.316 e. The van der Waals surface area contributed by atoms with Crippen LogP contribution in [0.4, 0.5) is 0 Å². The zero-order valence-corrected chi connectivity index (χ0v) is 8.09. The van der Waals surface area contributed by atoms with Crippen molar-refractivity contribution in [1.82, 2.24) is 4.90 Å². The van der Waals surface area contributed by atoms with E-state index in [2.05, 4.69) is 32.7 Å². The number of piperidine rings is 1. The van der Waals surface area contributed by atoms with Crippen LogP contribution in [0.3, 0.4) is 0 Å². The van der Waals surface area contributed by atoms with Gasteiger partial charge in [0.1, 0.15) is 0 Å². The maximum Gasteiger partial charge on any atom is 0.0573 e. The van der Waals surface area contributed by atoms with Gasteiger partial charge in [0.25, 0.3) is 0 Å². The van der Waals surface area contributed by atoms with E-state index in [1.807, 2.05) is 0 Å². The molecule has 0 radical (unpaired) electrons. The lowest BCUT2D eigenvalue weighted by Gasteiger charge is -2.48. The summed E-state index contributed by atoms with van der Waals surface area (Å²) in [7, 11) is 2.13. The molecule has 2 N–H and O–H groups in total. The van der Waals surface area contributed by atoms with E-state index in [-0.39, 0.29) is 11.7 Å². The third-order valence-corrected chi connectivity index (χ3v) is 3.51. The lowest BCUT2D eigenvalue weighted by Crippen LogP contribution is -2.58. The largest absolute Gasteiger partial charge is 0.316 e. The van der Waals surface area contributed by atoms with E-state index in [0.29, 0.717) is 0 Å². The van der Waals surface area contributed by atoms with Gasteiger partial charge in [-0.05, 0) is 39.7 Å². The molecule has 1 heterocycles. The van der Waals surface area contributed by atoms with Crippen molar-refractivity contribution in [3.8, 4) is 0 Å². The van der Waals surface area contributed by atoms with Crippen LogP contribution < -0.4 is 5.73 Å². The fraction of sp³-hybridized carbons (Fsp3) is 1.00. The van der Waals surface area contributed by atoms with E-state index in [1.165, 1.54) is 6.42 Å². The highest BCUT2D eigenvalue weighted by Crippen LogP contribution is 2.33. The van der Waals surface area contributed by atoms with Crippen LogP contribution >= 0.6 is 0 Å². The SMILES string of the molecule is CC1CCC(N)N(C)C1(C)C. The van der Waals surface area contributed by atoms with Crippen molar-refractivity contribution in [3.63, 3.8) is 0 Å². The Labute approximate surface area is 69.8 Å². The molecule has 0 aliphatic carbocycles. The summed E-state index contributed by atoms with van der Waals surface area (Å²) in [4.78, 5) is 2.29. The summed E-state index contributed by atoms with van der Waals surface area (Å²) in [5.41, 5.74) is 6.22. The predicted molar refractivity (Wildman–Crippen MR) is 48.2 cm³/mol. The molecule has 0 aromatic carbocycles. The zero-order chi connectivity index (χ0) is 8.65. The van der Waals surface area contributed by atoms with Crippen LogP contribution in [0.1, 0.15) is 33.6 Å². The molecule has 2 atom stereocenters. The van der Waals surface area contributed by atoms with Gasteiger partial charge in [-0.25, -0.2) is 0 Å². The van der Waals surface area contributed by atoms with Crippen molar-refractivity contribution >= 4 is 0 Å². The number of likely N-dealkylation sites (tertiary alicyclic amines) is 1. The monoisotopic (exact) mass is 156 g/mol. The first kappa shape index (κ1) is 9.01. The van der Waals surface area contributed by atoms with E-state index >= 15 is 0 Å². The second kappa shape index (κ2) is 2.76. The quantitative estimate of drug-likeness (QED) is 0.574. The maximum atomic E-state index is 5.94. The summed E-state index contributed by atoms with van der Waals surface area (Å²) < 4.78 is 0. The fourth-order valence-corrected chi connectivity index (χ4v) is 1.74. The molecule has 2 nitrogen and oxygen atoms in total. The van der Waals surface area contributed by atoms with Crippen LogP contribution in [0, 0.1) is 5.92 Å². The highest BCUT2D eigenvalue weighted by Gasteiger charge is 2.36. The molecule has 1 aliphatic rings. The van der Waals surface area contributed by atoms with Crippen molar-refractivity contribution in [2.75, 3.05) is 7.05 Å². The average molecular weight is 156 g/mol. The molecular formula is C9H20N2. The van der Waals surface area contributed by atoms with Gasteiger partial charge in [-0.15, -0.1) is 0 Å². The van der Waals surface area contributed by atoms with Gasteiger partial charge >= 0.3 is 0 Å². The number of hydrogen-bond acceptors (Lipinski definition) is 2. The van der Waals surface area contributed by atoms with Crippen molar-refractivity contribution in [1.29, 1.82) is 0 Å². The Bertz CT molecular complexity index is 142. The van der Waals surface area contributed by atoms with E-state index < -0.39 is 0 Å². The Morgan fingerprint density at radius 1 is 1.36 bits per heavy atom. The summed E-state index contributed by atoms with van der Waals surface area (Å²) in [6.45, 7) is 6.86. The standard InChI is InChI=1S/C9H20N2/c1-7-5-6-8(10)11(4)9(7,2)3/h7-8H,5-6,10H2,1-4H3. The lowest BCUT2D eigenvalue weighted by atomic mass is 9.80. The number of hydrogen-bond donors (Lipinski definition) is 1. The molecular weight excluding hydrogens is 136 g/mol. The summed E-state index contributed by atoms with van der Waals surface area (Å²) in [5.74, 6) is 0.757. The van der Waals surface area contributed by atoms with Crippen molar-refractivity contribution in [2.45, 2.75) is 45.3 Å². The third-order valence-electron chi connectivity index (χ3n) is 3.51. The fourth-order valence-electron chi connectivity index (χ4n) is 1.74. The van der Waals surface area contributed by atoms with Gasteiger partial charge in [0, 0.05) is 5.54 Å². The van der Waals surface area contributed by atoms with Gasteiger partial charge in [0.05, 0.1) is 6.17 Å². The van der Waals surface area contributed by atoms with Gasteiger partial charge in [-0.1, -0.05) is 6.92 Å². The predicted octanol–water partition coefficient (Wildman–Crippen LogP) is 1.41. The Morgan fingerprint density at radius 3 is 2.36 bits per heavy atom. The Morgan fingerprint density at radius 2 is 1.91 bits per heavy atom. The average Bonchev–Trinajstić information content (AvgIpc) is 1.95. The smallest absolute Gasteiger partial charge is 0.0573 e. The third kappa shape index (κ3) is 1.42. The molecule has 0 aromatic heterocycles. The topological polar surface area (TPSA) is 29.3 Å². The van der Waals surface area contributed by atoms with E-state index in [1.54, 1.807) is 0 Å². The molecule has 1 aliphatic heterocycles. The van der Waals surface area contributed by atoms with Crippen LogP contribution in [-0.2, 0) is 0 Å². The van der Waals surface area contributed by atoms with Crippen molar-refractivity contribution in [3.05, 3.63) is 0 Å². The minimum absolute atomic E-state index is 0.265. The molecule has 1 saturated heterocycles. The summed E-state index contributed by atoms with van der Waals surface area (Å²) in [5, 5.41) is 0. The maximum absolute atomic E-state index is 5.94. The van der Waals surface area contributed by atoms with Gasteiger partial charge in [-0.2, -0.15) is 0 Å². The highest BCUT2D eigenvalue weighted by molar-refractivity contribution is 4.91. The molecule has 2 heteroatoms. The molecule has 0 amide bonds. The van der Waals surface area contributed by atoms with Crippen LogP contribution in [0.25, 0.3) is 0 Å². The minimum atomic E-state index is 0.265. The normalized spacial score (nSPS) is 39.0. The molecule has 1 rings (SSSR count). The first-order valence-electron chi connectivity index (χ1n) is 4.44. The Hall–Kier alpha value is -0.0800. The molecule has 0 bridgehead atoms. The van der Waals surface area contributed by atoms with Gasteiger partial charge in [0.15, 0.2) is 0 Å². The van der Waals surface area contributed by atoms with Crippen LogP contribution in [0.2, 0.25) is 0 Å². The van der Waals surface area contributed by atoms with Crippen LogP contribution in [0.15, 0.2) is 0 Å². The number of nitrogens with zero attached hydrogens (tertiary/aromatic N) is 1. The molecule has 0 spiro atoms. The molecule has 0 aromatic rings. The summed E-state index contributed by atoms with van der Waals surface area (Å²) >= 11 is 0. The van der Waals surface area contributed by atoms with Crippen molar-refractivity contribution < 1.29 is 0 Å². The number of rotatable bonds is 0. The zero-order valence-electron chi connectivity index (χ0n) is 8.09. The summed E-state index contributed by atoms with van der Waals surface area (Å²) in [6.07, 6.45) is 2.67. The van der Waals surface area contributed by atoms with Crippen LogP contribution in [0.5, 0.6) is 0 Å². The molecule has 2 unspecified atom stereocenters. The van der Waals surface area contributed by atoms with Gasteiger partial charge in [-0.3, -0.25) is 4.90 Å². The Balaban J connectivity index is 2.72. The second-order valence-corrected chi connectivity index (χ2v) is 4.31. The first-order chi connectivity index (χ1) is 4.96. The number of nitrogens with two attached hydrogens (primary N) is 1. The summed E-state index contributed by atoms with van der Waals surface area (Å²) in [6, 6.07) is 0. The van der Waals surface area contributed by atoms with Gasteiger partial charge < -0.3 is 5.73 Å². The van der Waals surface area contributed by atoms with Crippen molar-refractivity contribution in [2.24, 2.45) is 11.7 Å². The van der Waals surface area contributed by atoms with Crippen LogP contribution in [-0.4, -0.2) is 23.7 Å². The van der Waals surface area contributed by atoms with E-state index in [4.69, 9.17) is 5.73 Å².